The summed E-state index contributed by atoms with van der Waals surface area (Å²) in [7, 11) is -3.56. The first-order valence-electron chi connectivity index (χ1n) is 16.0. The number of sulfonamides is 1. The number of nitrogens with two attached hydrogens (primary N) is 1. The molecule has 0 aliphatic carbocycles. The van der Waals surface area contributed by atoms with Crippen molar-refractivity contribution in [2.45, 2.75) is 43.4 Å². The van der Waals surface area contributed by atoms with Crippen LogP contribution in [-0.2, 0) is 35.7 Å². The maximum Gasteiger partial charge on any atom is 0.240 e. The van der Waals surface area contributed by atoms with Crippen molar-refractivity contribution in [1.29, 1.82) is 0 Å². The number of para-hydroxylation sites is 1. The lowest BCUT2D eigenvalue weighted by atomic mass is 10.1. The van der Waals surface area contributed by atoms with Crippen LogP contribution in [0.25, 0.3) is 0 Å². The zero-order chi connectivity index (χ0) is 33.3. The Labute approximate surface area is 286 Å². The Balaban J connectivity index is 0.000000182. The Hall–Kier alpha value is -4.49. The second kappa shape index (κ2) is 15.6. The number of benzene rings is 2. The van der Waals surface area contributed by atoms with Crippen molar-refractivity contribution < 1.29 is 8.42 Å². The molecule has 0 unspecified atom stereocenters. The summed E-state index contributed by atoms with van der Waals surface area (Å²) in [6.07, 6.45) is 14.0. The minimum absolute atomic E-state index is 0.208. The van der Waals surface area contributed by atoms with Crippen LogP contribution in [-0.4, -0.2) is 59.5 Å². The molecule has 2 aliphatic heterocycles. The van der Waals surface area contributed by atoms with Gasteiger partial charge in [-0.2, -0.15) is 0 Å². The Morgan fingerprint density at radius 2 is 1.35 bits per heavy atom. The van der Waals surface area contributed by atoms with Crippen LogP contribution in [0.4, 0.5) is 23.0 Å². The fourth-order valence-corrected chi connectivity index (χ4v) is 7.19. The van der Waals surface area contributed by atoms with Crippen molar-refractivity contribution in [3.05, 3.63) is 119 Å². The number of aromatic nitrogens is 5. The van der Waals surface area contributed by atoms with Crippen LogP contribution < -0.4 is 20.3 Å². The van der Waals surface area contributed by atoms with Gasteiger partial charge in [-0.25, -0.2) is 33.1 Å². The fraction of sp³-hybridized carbons (Fsp3) is 0.286. The molecule has 3 N–H and O–H groups in total. The molecule has 0 bridgehead atoms. The van der Waals surface area contributed by atoms with E-state index in [0.29, 0.717) is 31.1 Å². The van der Waals surface area contributed by atoms with Gasteiger partial charge in [0.05, 0.1) is 16.3 Å². The predicted octanol–water partition coefficient (Wildman–Crippen LogP) is 5.19. The zero-order valence-electron chi connectivity index (χ0n) is 26.5. The average molecular weight is 684 g/mol. The fourth-order valence-electron chi connectivity index (χ4n) is 5.99. The highest BCUT2D eigenvalue weighted by Crippen LogP contribution is 2.35. The molecular weight excluding hydrogens is 646 g/mol. The smallest absolute Gasteiger partial charge is 0.240 e. The summed E-state index contributed by atoms with van der Waals surface area (Å²) in [6, 6.07) is 18.5. The van der Waals surface area contributed by atoms with Gasteiger partial charge in [0, 0.05) is 60.1 Å². The van der Waals surface area contributed by atoms with Gasteiger partial charge < -0.3 is 15.5 Å². The maximum atomic E-state index is 12.5. The van der Waals surface area contributed by atoms with E-state index in [0.717, 1.165) is 72.9 Å². The summed E-state index contributed by atoms with van der Waals surface area (Å²) in [4.78, 5) is 26.4. The summed E-state index contributed by atoms with van der Waals surface area (Å²) in [5, 5.41) is 0.504. The number of hydrogen-bond acceptors (Lipinski definition) is 10. The van der Waals surface area contributed by atoms with Gasteiger partial charge in [0.25, 0.3) is 0 Å². The topological polar surface area (TPSA) is 143 Å². The molecule has 0 saturated carbocycles. The monoisotopic (exact) mass is 683 g/mol. The van der Waals surface area contributed by atoms with E-state index >= 15 is 0 Å². The van der Waals surface area contributed by atoms with Crippen molar-refractivity contribution in [2.75, 3.05) is 36.0 Å². The van der Waals surface area contributed by atoms with Crippen LogP contribution in [0.15, 0.2) is 96.8 Å². The minimum Gasteiger partial charge on any atom is -0.330 e. The lowest BCUT2D eigenvalue weighted by molar-refractivity contribution is 0.579. The molecule has 0 fully saturated rings. The van der Waals surface area contributed by atoms with Gasteiger partial charge in [-0.3, -0.25) is 4.98 Å². The van der Waals surface area contributed by atoms with E-state index in [2.05, 4.69) is 57.6 Å². The maximum absolute atomic E-state index is 12.5. The summed E-state index contributed by atoms with van der Waals surface area (Å²) < 4.78 is 27.6. The third-order valence-corrected chi connectivity index (χ3v) is 10.1. The Kier molecular flexibility index (Phi) is 10.9. The van der Waals surface area contributed by atoms with Gasteiger partial charge in [0.2, 0.25) is 10.0 Å². The van der Waals surface area contributed by atoms with Crippen LogP contribution in [0.1, 0.15) is 35.2 Å². The molecule has 11 nitrogen and oxygen atoms in total. The molecule has 0 atom stereocenters. The van der Waals surface area contributed by atoms with E-state index in [1.165, 1.54) is 23.3 Å². The van der Waals surface area contributed by atoms with E-state index < -0.39 is 10.0 Å². The van der Waals surface area contributed by atoms with Gasteiger partial charge in [0.15, 0.2) is 0 Å². The number of fused-ring (bicyclic) bond motifs is 4. The van der Waals surface area contributed by atoms with Crippen LogP contribution in [0, 0.1) is 0 Å². The van der Waals surface area contributed by atoms with Gasteiger partial charge in [-0.05, 0) is 93.1 Å². The molecule has 5 heterocycles. The quantitative estimate of drug-likeness (QED) is 0.199. The van der Waals surface area contributed by atoms with Crippen LogP contribution in [0.3, 0.4) is 0 Å². The first-order valence-corrected chi connectivity index (χ1v) is 17.9. The molecule has 2 aliphatic rings. The zero-order valence-corrected chi connectivity index (χ0v) is 28.1. The molecule has 0 amide bonds. The SMILES string of the molecule is NCCCN1c2cccnc2CCc2cncnc21.O=S(=O)(NCCCN1c2ccccc2CCc2cncnc21)c1ccc(Cl)cc1. The summed E-state index contributed by atoms with van der Waals surface area (Å²) >= 11 is 5.84. The van der Waals surface area contributed by atoms with E-state index in [1.54, 1.807) is 24.8 Å². The van der Waals surface area contributed by atoms with Crippen LogP contribution in [0.2, 0.25) is 5.02 Å². The molecule has 7 rings (SSSR count). The molecule has 48 heavy (non-hydrogen) atoms. The number of hydrogen-bond donors (Lipinski definition) is 2. The normalized spacial score (nSPS) is 13.5. The van der Waals surface area contributed by atoms with Crippen molar-refractivity contribution in [3.8, 4) is 0 Å². The number of nitrogens with one attached hydrogen (secondary N) is 1. The summed E-state index contributed by atoms with van der Waals surface area (Å²) in [5.74, 6) is 1.89. The Morgan fingerprint density at radius 1 is 0.729 bits per heavy atom. The molecule has 0 radical (unpaired) electrons. The van der Waals surface area contributed by atoms with E-state index in [4.69, 9.17) is 17.3 Å². The molecule has 3 aromatic heterocycles. The third kappa shape index (κ3) is 7.79. The second-order valence-corrected chi connectivity index (χ2v) is 13.7. The molecule has 248 valence electrons. The lowest BCUT2D eigenvalue weighted by Gasteiger charge is -2.25. The number of rotatable bonds is 9. The van der Waals surface area contributed by atoms with Crippen LogP contribution >= 0.6 is 11.6 Å². The highest BCUT2D eigenvalue weighted by Gasteiger charge is 2.23. The molecule has 0 saturated heterocycles. The highest BCUT2D eigenvalue weighted by atomic mass is 35.5. The molecule has 13 heteroatoms. The minimum atomic E-state index is -3.56. The van der Waals surface area contributed by atoms with Crippen LogP contribution in [0.5, 0.6) is 0 Å². The number of aryl methyl sites for hydroxylation is 4. The Morgan fingerprint density at radius 3 is 2.08 bits per heavy atom. The number of halogens is 1. The number of nitrogens with zero attached hydrogens (tertiary/aromatic N) is 7. The largest absolute Gasteiger partial charge is 0.330 e. The highest BCUT2D eigenvalue weighted by molar-refractivity contribution is 7.89. The summed E-state index contributed by atoms with van der Waals surface area (Å²) in [5.41, 5.74) is 12.6. The molecular formula is C35H38ClN9O2S. The molecule has 2 aromatic carbocycles. The summed E-state index contributed by atoms with van der Waals surface area (Å²) in [6.45, 7) is 2.50. The average Bonchev–Trinajstić information content (AvgIpc) is 3.38. The lowest BCUT2D eigenvalue weighted by Crippen LogP contribution is -2.28. The number of pyridine rings is 1. The van der Waals surface area contributed by atoms with Crippen molar-refractivity contribution in [3.63, 3.8) is 0 Å². The van der Waals surface area contributed by atoms with Crippen molar-refractivity contribution in [2.24, 2.45) is 5.73 Å². The molecule has 5 aromatic rings. The first-order chi connectivity index (χ1) is 23.4. The van der Waals surface area contributed by atoms with Gasteiger partial charge in [-0.1, -0.05) is 29.8 Å². The third-order valence-electron chi connectivity index (χ3n) is 8.33. The standard InChI is InChI=1S/C21H21ClN4O2S.C14H17N5/c22-18-8-10-19(11-9-18)29(27,28)25-12-3-13-26-20-5-2-1-4-16(20)6-7-17-14-23-15-24-21(17)26;15-6-2-8-19-13-3-1-7-17-12(13)5-4-11-9-16-10-18-14(11)19/h1-2,4-5,8-11,14-15,25H,3,6-7,12-13H2;1,3,7,9-10H,2,4-6,8,15H2. The predicted molar refractivity (Wildman–Crippen MR) is 188 cm³/mol. The number of anilines is 4. The van der Waals surface area contributed by atoms with E-state index in [1.807, 2.05) is 36.8 Å². The molecule has 0 spiro atoms. The van der Waals surface area contributed by atoms with Gasteiger partial charge in [0.1, 0.15) is 24.3 Å². The Bertz CT molecular complexity index is 1850. The van der Waals surface area contributed by atoms with E-state index in [9.17, 15) is 8.42 Å². The second-order valence-electron chi connectivity index (χ2n) is 11.5. The van der Waals surface area contributed by atoms with Crippen molar-refractivity contribution in [1.82, 2.24) is 29.6 Å². The first kappa shape index (κ1) is 33.4. The van der Waals surface area contributed by atoms with E-state index in [-0.39, 0.29) is 4.90 Å². The van der Waals surface area contributed by atoms with Gasteiger partial charge in [-0.15, -0.1) is 0 Å². The van der Waals surface area contributed by atoms with Crippen molar-refractivity contribution >= 4 is 44.6 Å². The van der Waals surface area contributed by atoms with Gasteiger partial charge >= 0.3 is 0 Å².